The molecule has 0 unspecified atom stereocenters. The summed E-state index contributed by atoms with van der Waals surface area (Å²) in [5.41, 5.74) is 6.03. The second-order valence-electron chi connectivity index (χ2n) is 11.0. The van der Waals surface area contributed by atoms with Crippen LogP contribution < -0.4 is 10.6 Å². The van der Waals surface area contributed by atoms with E-state index in [2.05, 4.69) is 45.3 Å². The van der Waals surface area contributed by atoms with E-state index in [1.807, 2.05) is 50.2 Å². The van der Waals surface area contributed by atoms with Crippen molar-refractivity contribution in [1.29, 1.82) is 0 Å². The molecule has 32 heavy (non-hydrogen) atoms. The monoisotopic (exact) mass is 434 g/mol. The van der Waals surface area contributed by atoms with E-state index >= 15 is 0 Å². The molecule has 2 aromatic rings. The molecule has 2 aromatic carbocycles. The Kier molecular flexibility index (Phi) is 6.83. The zero-order chi connectivity index (χ0) is 23.7. The summed E-state index contributed by atoms with van der Waals surface area (Å²) >= 11 is 0. The Balaban J connectivity index is 1.68. The van der Waals surface area contributed by atoms with E-state index in [4.69, 9.17) is 0 Å². The quantitative estimate of drug-likeness (QED) is 0.637. The van der Waals surface area contributed by atoms with Gasteiger partial charge in [-0.3, -0.25) is 9.59 Å². The molecular weight excluding hydrogens is 396 g/mol. The van der Waals surface area contributed by atoms with Crippen molar-refractivity contribution >= 4 is 11.8 Å². The van der Waals surface area contributed by atoms with Crippen molar-refractivity contribution in [1.82, 2.24) is 10.6 Å². The highest BCUT2D eigenvalue weighted by molar-refractivity contribution is 5.95. The smallest absolute Gasteiger partial charge is 0.251 e. The molecule has 0 radical (unpaired) electrons. The Morgan fingerprint density at radius 3 is 1.88 bits per heavy atom. The van der Waals surface area contributed by atoms with Crippen molar-refractivity contribution in [3.05, 3.63) is 69.8 Å². The summed E-state index contributed by atoms with van der Waals surface area (Å²) in [5, 5.41) is 6.44. The average molecular weight is 435 g/mol. The molecule has 4 heteroatoms. The molecule has 0 heterocycles. The predicted octanol–water partition coefficient (Wildman–Crippen LogP) is 5.67. The Bertz CT molecular complexity index is 1020. The van der Waals surface area contributed by atoms with Crippen LogP contribution in [0.5, 0.6) is 0 Å². The zero-order valence-electron chi connectivity index (χ0n) is 20.7. The van der Waals surface area contributed by atoms with Crippen LogP contribution in [0.1, 0.15) is 83.0 Å². The van der Waals surface area contributed by atoms with Crippen LogP contribution in [0.25, 0.3) is 0 Å². The maximum absolute atomic E-state index is 12.9. The van der Waals surface area contributed by atoms with E-state index in [-0.39, 0.29) is 28.7 Å². The molecule has 1 aliphatic carbocycles. The fraction of sp³-hybridized carbons (Fsp3) is 0.500. The summed E-state index contributed by atoms with van der Waals surface area (Å²) < 4.78 is 0. The Labute approximate surface area is 193 Å². The minimum absolute atomic E-state index is 0.0164. The first-order valence-electron chi connectivity index (χ1n) is 11.6. The Morgan fingerprint density at radius 1 is 0.812 bits per heavy atom. The van der Waals surface area contributed by atoms with Gasteiger partial charge in [0, 0.05) is 23.7 Å². The molecule has 2 N–H and O–H groups in total. The zero-order valence-corrected chi connectivity index (χ0v) is 20.7. The van der Waals surface area contributed by atoms with E-state index in [1.54, 1.807) is 0 Å². The van der Waals surface area contributed by atoms with E-state index in [9.17, 15) is 9.59 Å². The van der Waals surface area contributed by atoms with Gasteiger partial charge in [-0.15, -0.1) is 0 Å². The fourth-order valence-electron chi connectivity index (χ4n) is 5.30. The average Bonchev–Trinajstić information content (AvgIpc) is 2.68. The van der Waals surface area contributed by atoms with Crippen LogP contribution in [0.2, 0.25) is 0 Å². The lowest BCUT2D eigenvalue weighted by molar-refractivity contribution is 0.0592. The molecule has 1 fully saturated rings. The number of nitrogens with one attached hydrogen (secondary N) is 2. The number of carbonyl (C=O) groups is 2. The molecule has 1 aliphatic rings. The molecule has 2 amide bonds. The standard InChI is InChI=1S/C28H38N2O2/c1-18-8-10-22(12-20(18)3)25(31)29-17-28(7)15-24(14-27(5,6)16-28)30-26(32)23-11-9-19(2)21(4)13-23/h8-13,24H,14-17H2,1-7H3,(H,29,31)(H,30,32)/t24-,28+/m0/s1. The third-order valence-electron chi connectivity index (χ3n) is 6.99. The lowest BCUT2D eigenvalue weighted by Gasteiger charge is -2.47. The van der Waals surface area contributed by atoms with E-state index in [1.165, 1.54) is 11.1 Å². The molecule has 4 nitrogen and oxygen atoms in total. The topological polar surface area (TPSA) is 58.2 Å². The Morgan fingerprint density at radius 2 is 1.34 bits per heavy atom. The van der Waals surface area contributed by atoms with E-state index in [0.29, 0.717) is 17.7 Å². The van der Waals surface area contributed by atoms with Gasteiger partial charge in [-0.05, 0) is 104 Å². The summed E-state index contributed by atoms with van der Waals surface area (Å²) in [6, 6.07) is 11.8. The first-order valence-corrected chi connectivity index (χ1v) is 11.6. The lowest BCUT2D eigenvalue weighted by Crippen LogP contribution is -2.50. The van der Waals surface area contributed by atoms with Gasteiger partial charge in [-0.25, -0.2) is 0 Å². The van der Waals surface area contributed by atoms with Crippen molar-refractivity contribution in [3.8, 4) is 0 Å². The predicted molar refractivity (Wildman–Crippen MR) is 131 cm³/mol. The maximum atomic E-state index is 12.9. The van der Waals surface area contributed by atoms with Gasteiger partial charge in [0.25, 0.3) is 11.8 Å². The first kappa shape index (κ1) is 24.0. The van der Waals surface area contributed by atoms with Crippen LogP contribution in [0, 0.1) is 38.5 Å². The second-order valence-corrected chi connectivity index (χ2v) is 11.0. The highest BCUT2D eigenvalue weighted by Gasteiger charge is 2.42. The number of hydrogen-bond donors (Lipinski definition) is 2. The fourth-order valence-corrected chi connectivity index (χ4v) is 5.30. The van der Waals surface area contributed by atoms with Crippen LogP contribution >= 0.6 is 0 Å². The van der Waals surface area contributed by atoms with Crippen LogP contribution in [0.3, 0.4) is 0 Å². The molecule has 1 saturated carbocycles. The van der Waals surface area contributed by atoms with Crippen LogP contribution in [0.15, 0.2) is 36.4 Å². The van der Waals surface area contributed by atoms with Crippen LogP contribution in [-0.2, 0) is 0 Å². The second kappa shape index (κ2) is 9.09. The maximum Gasteiger partial charge on any atom is 0.251 e. The summed E-state index contributed by atoms with van der Waals surface area (Å²) in [5.74, 6) is -0.0502. The van der Waals surface area contributed by atoms with E-state index < -0.39 is 0 Å². The number of amides is 2. The van der Waals surface area contributed by atoms with E-state index in [0.717, 1.165) is 30.4 Å². The van der Waals surface area contributed by atoms with Gasteiger partial charge in [-0.1, -0.05) is 32.9 Å². The minimum Gasteiger partial charge on any atom is -0.351 e. The van der Waals surface area contributed by atoms with Crippen LogP contribution in [0.4, 0.5) is 0 Å². The van der Waals surface area contributed by atoms with Crippen molar-refractivity contribution in [2.75, 3.05) is 6.54 Å². The van der Waals surface area contributed by atoms with Gasteiger partial charge in [-0.2, -0.15) is 0 Å². The third kappa shape index (κ3) is 5.79. The highest BCUT2D eigenvalue weighted by Crippen LogP contribution is 2.45. The minimum atomic E-state index is -0.0850. The largest absolute Gasteiger partial charge is 0.351 e. The van der Waals surface area contributed by atoms with Gasteiger partial charge in [0.15, 0.2) is 0 Å². The molecular formula is C28H38N2O2. The van der Waals surface area contributed by atoms with Crippen molar-refractivity contribution < 1.29 is 9.59 Å². The number of hydrogen-bond acceptors (Lipinski definition) is 2. The lowest BCUT2D eigenvalue weighted by atomic mass is 9.62. The van der Waals surface area contributed by atoms with Gasteiger partial charge in [0.05, 0.1) is 0 Å². The first-order chi connectivity index (χ1) is 14.9. The SMILES string of the molecule is Cc1ccc(C(=O)NC[C@]2(C)C[C@@H](NC(=O)c3ccc(C)c(C)c3)CC(C)(C)C2)cc1C. The van der Waals surface area contributed by atoms with Gasteiger partial charge >= 0.3 is 0 Å². The Hall–Kier alpha value is -2.62. The number of rotatable bonds is 5. The van der Waals surface area contributed by atoms with Crippen molar-refractivity contribution in [3.63, 3.8) is 0 Å². The third-order valence-corrected chi connectivity index (χ3v) is 6.99. The molecule has 0 aromatic heterocycles. The van der Waals surface area contributed by atoms with Crippen LogP contribution in [-0.4, -0.2) is 24.4 Å². The molecule has 172 valence electrons. The van der Waals surface area contributed by atoms with Crippen molar-refractivity contribution in [2.45, 2.75) is 73.8 Å². The molecule has 0 saturated heterocycles. The summed E-state index contributed by atoms with van der Waals surface area (Å²) in [6.45, 7) is 15.5. The number of carbonyl (C=O) groups excluding carboxylic acids is 2. The summed E-state index contributed by atoms with van der Waals surface area (Å²) in [7, 11) is 0. The molecule has 0 bridgehead atoms. The summed E-state index contributed by atoms with van der Waals surface area (Å²) in [4.78, 5) is 25.7. The molecule has 3 rings (SSSR count). The van der Waals surface area contributed by atoms with Gasteiger partial charge in [0.2, 0.25) is 0 Å². The van der Waals surface area contributed by atoms with Gasteiger partial charge < -0.3 is 10.6 Å². The summed E-state index contributed by atoms with van der Waals surface area (Å²) in [6.07, 6.45) is 2.79. The highest BCUT2D eigenvalue weighted by atomic mass is 16.2. The normalized spacial score (nSPS) is 22.3. The van der Waals surface area contributed by atoms with Gasteiger partial charge in [0.1, 0.15) is 0 Å². The van der Waals surface area contributed by atoms with Crippen molar-refractivity contribution in [2.24, 2.45) is 10.8 Å². The number of aryl methyl sites for hydroxylation is 4. The molecule has 2 atom stereocenters. The molecule has 0 aliphatic heterocycles. The molecule has 0 spiro atoms. The number of benzene rings is 2.